The normalized spacial score (nSPS) is 14.1. The van der Waals surface area contributed by atoms with Gasteiger partial charge in [-0.15, -0.1) is 0 Å². The summed E-state index contributed by atoms with van der Waals surface area (Å²) in [6, 6.07) is 12.3. The van der Waals surface area contributed by atoms with Crippen LogP contribution in [-0.2, 0) is 33.5 Å². The number of hydrogen-bond acceptors (Lipinski definition) is 3. The molecule has 0 unspecified atom stereocenters. The Balaban J connectivity index is 1.75. The first-order chi connectivity index (χ1) is 12.7. The lowest BCUT2D eigenvalue weighted by Crippen LogP contribution is -2.38. The zero-order valence-corrected chi connectivity index (χ0v) is 17.0. The van der Waals surface area contributed by atoms with Gasteiger partial charge < -0.3 is 4.90 Å². The second-order valence-electron chi connectivity index (χ2n) is 7.14. The van der Waals surface area contributed by atoms with Gasteiger partial charge in [0.2, 0.25) is 15.9 Å². The summed E-state index contributed by atoms with van der Waals surface area (Å²) in [5.41, 5.74) is 3.27. The smallest absolute Gasteiger partial charge is 0.236 e. The Morgan fingerprint density at radius 3 is 2.67 bits per heavy atom. The van der Waals surface area contributed by atoms with Crippen LogP contribution in [-0.4, -0.2) is 25.8 Å². The molecule has 27 heavy (non-hydrogen) atoms. The largest absolute Gasteiger partial charge is 0.338 e. The van der Waals surface area contributed by atoms with Crippen molar-refractivity contribution in [2.45, 2.75) is 32.6 Å². The fourth-order valence-electron chi connectivity index (χ4n) is 3.24. The fourth-order valence-corrected chi connectivity index (χ4v) is 4.63. The predicted octanol–water partition coefficient (Wildman–Crippen LogP) is 3.82. The molecule has 1 amide bonds. The number of carbonyl (C=O) groups is 1. The number of carbonyl (C=O) groups excluding carboxylic acids is 1. The van der Waals surface area contributed by atoms with Crippen LogP contribution in [0.4, 0.5) is 5.69 Å². The van der Waals surface area contributed by atoms with Crippen LogP contribution in [0.3, 0.4) is 0 Å². The van der Waals surface area contributed by atoms with E-state index in [1.165, 1.54) is 0 Å². The Kier molecular flexibility index (Phi) is 5.77. The van der Waals surface area contributed by atoms with Crippen molar-refractivity contribution < 1.29 is 13.2 Å². The molecule has 7 heteroatoms. The van der Waals surface area contributed by atoms with Crippen molar-refractivity contribution in [3.63, 3.8) is 0 Å². The molecule has 0 saturated heterocycles. The van der Waals surface area contributed by atoms with E-state index < -0.39 is 10.0 Å². The molecule has 0 atom stereocenters. The van der Waals surface area contributed by atoms with E-state index in [4.69, 9.17) is 11.6 Å². The molecule has 1 N–H and O–H groups in total. The molecule has 144 valence electrons. The maximum absolute atomic E-state index is 12.5. The number of nitrogens with zero attached hydrogens (tertiary/aromatic N) is 1. The maximum atomic E-state index is 12.5. The molecule has 3 rings (SSSR count). The van der Waals surface area contributed by atoms with E-state index in [1.807, 2.05) is 30.9 Å². The van der Waals surface area contributed by atoms with Crippen LogP contribution in [0.2, 0.25) is 5.02 Å². The molecule has 2 aromatic rings. The van der Waals surface area contributed by atoms with Gasteiger partial charge in [-0.3, -0.25) is 9.52 Å². The van der Waals surface area contributed by atoms with Crippen LogP contribution in [0.15, 0.2) is 42.5 Å². The lowest BCUT2D eigenvalue weighted by molar-refractivity contribution is -0.135. The summed E-state index contributed by atoms with van der Waals surface area (Å²) < 4.78 is 27.6. The average molecular weight is 407 g/mol. The highest BCUT2D eigenvalue weighted by atomic mass is 35.5. The minimum atomic E-state index is -3.56. The fraction of sp³-hybridized carbons (Fsp3) is 0.350. The van der Waals surface area contributed by atoms with Gasteiger partial charge in [0.25, 0.3) is 0 Å². The van der Waals surface area contributed by atoms with Crippen LogP contribution < -0.4 is 4.72 Å². The van der Waals surface area contributed by atoms with Gasteiger partial charge in [0.15, 0.2) is 0 Å². The summed E-state index contributed by atoms with van der Waals surface area (Å²) in [6.45, 7) is 4.98. The van der Waals surface area contributed by atoms with E-state index in [1.54, 1.807) is 30.3 Å². The minimum Gasteiger partial charge on any atom is -0.338 e. The third kappa shape index (κ3) is 5.02. The van der Waals surface area contributed by atoms with Crippen molar-refractivity contribution in [3.05, 3.63) is 64.2 Å². The molecule has 1 aliphatic rings. The lowest BCUT2D eigenvalue weighted by Gasteiger charge is -2.30. The second kappa shape index (κ2) is 7.90. The lowest BCUT2D eigenvalue weighted by atomic mass is 9.98. The van der Waals surface area contributed by atoms with Gasteiger partial charge in [0.1, 0.15) is 0 Å². The van der Waals surface area contributed by atoms with Crippen molar-refractivity contribution in [2.75, 3.05) is 11.3 Å². The van der Waals surface area contributed by atoms with Gasteiger partial charge >= 0.3 is 0 Å². The Labute approximate surface area is 165 Å². The minimum absolute atomic E-state index is 0.0501. The molecule has 0 bridgehead atoms. The monoisotopic (exact) mass is 406 g/mol. The van der Waals surface area contributed by atoms with E-state index in [-0.39, 0.29) is 17.6 Å². The van der Waals surface area contributed by atoms with Crippen molar-refractivity contribution in [1.82, 2.24) is 4.90 Å². The van der Waals surface area contributed by atoms with E-state index >= 15 is 0 Å². The van der Waals surface area contributed by atoms with Gasteiger partial charge in [-0.25, -0.2) is 8.42 Å². The van der Waals surface area contributed by atoms with E-state index in [0.29, 0.717) is 29.4 Å². The van der Waals surface area contributed by atoms with Crippen LogP contribution in [0, 0.1) is 5.92 Å². The van der Waals surface area contributed by atoms with Crippen molar-refractivity contribution in [2.24, 2.45) is 5.92 Å². The Bertz CT molecular complexity index is 957. The van der Waals surface area contributed by atoms with Crippen LogP contribution in [0.5, 0.6) is 0 Å². The topological polar surface area (TPSA) is 66.5 Å². The zero-order chi connectivity index (χ0) is 19.6. The number of benzene rings is 2. The van der Waals surface area contributed by atoms with E-state index in [9.17, 15) is 13.2 Å². The summed E-state index contributed by atoms with van der Waals surface area (Å²) in [5.74, 6) is -0.0821. The van der Waals surface area contributed by atoms with E-state index in [2.05, 4.69) is 4.72 Å². The molecular weight excluding hydrogens is 384 g/mol. The van der Waals surface area contributed by atoms with E-state index in [0.717, 1.165) is 17.5 Å². The number of halogens is 1. The van der Waals surface area contributed by atoms with Crippen LogP contribution in [0.25, 0.3) is 0 Å². The average Bonchev–Trinajstić information content (AvgIpc) is 2.59. The zero-order valence-electron chi connectivity index (χ0n) is 15.4. The number of hydrogen-bond donors (Lipinski definition) is 1. The van der Waals surface area contributed by atoms with Gasteiger partial charge in [0.05, 0.1) is 5.75 Å². The first-order valence-electron chi connectivity index (χ1n) is 8.89. The van der Waals surface area contributed by atoms with Gasteiger partial charge in [0, 0.05) is 29.7 Å². The molecule has 0 radical (unpaired) electrons. The van der Waals surface area contributed by atoms with Crippen LogP contribution >= 0.6 is 11.6 Å². The number of anilines is 1. The highest BCUT2D eigenvalue weighted by Crippen LogP contribution is 2.25. The molecule has 0 spiro atoms. The SMILES string of the molecule is CC(C)C(=O)N1CCc2ccc(NS(=O)(=O)Cc3cccc(Cl)c3)cc2C1. The number of amides is 1. The summed E-state index contributed by atoms with van der Waals surface area (Å²) in [5, 5.41) is 0.506. The van der Waals surface area contributed by atoms with Crippen molar-refractivity contribution >= 4 is 33.2 Å². The first-order valence-corrected chi connectivity index (χ1v) is 10.9. The molecule has 1 heterocycles. The highest BCUT2D eigenvalue weighted by molar-refractivity contribution is 7.91. The standard InChI is InChI=1S/C20H23ClN2O3S/c1-14(2)20(24)23-9-8-16-6-7-19(11-17(16)12-23)22-27(25,26)13-15-4-3-5-18(21)10-15/h3-7,10-11,14,22H,8-9,12-13H2,1-2H3. The molecule has 0 saturated carbocycles. The molecule has 5 nitrogen and oxygen atoms in total. The van der Waals surface area contributed by atoms with Crippen LogP contribution in [0.1, 0.15) is 30.5 Å². The Hall–Kier alpha value is -2.05. The number of sulfonamides is 1. The quantitative estimate of drug-likeness (QED) is 0.820. The Morgan fingerprint density at radius 2 is 1.96 bits per heavy atom. The summed E-state index contributed by atoms with van der Waals surface area (Å²) in [6.07, 6.45) is 0.781. The summed E-state index contributed by atoms with van der Waals surface area (Å²) in [7, 11) is -3.56. The van der Waals surface area contributed by atoms with Gasteiger partial charge in [-0.2, -0.15) is 0 Å². The molecule has 1 aliphatic heterocycles. The summed E-state index contributed by atoms with van der Waals surface area (Å²) in [4.78, 5) is 14.1. The third-order valence-electron chi connectivity index (χ3n) is 4.54. The molecule has 0 aliphatic carbocycles. The molecule has 0 fully saturated rings. The molecule has 2 aromatic carbocycles. The predicted molar refractivity (Wildman–Crippen MR) is 108 cm³/mol. The highest BCUT2D eigenvalue weighted by Gasteiger charge is 2.23. The first kappa shape index (κ1) is 19.7. The van der Waals surface area contributed by atoms with Gasteiger partial charge in [-0.1, -0.05) is 43.6 Å². The second-order valence-corrected chi connectivity index (χ2v) is 9.30. The number of rotatable bonds is 5. The number of nitrogens with one attached hydrogen (secondary N) is 1. The van der Waals surface area contributed by atoms with Gasteiger partial charge in [-0.05, 0) is 47.4 Å². The molecule has 0 aromatic heterocycles. The molecular formula is C20H23ClN2O3S. The maximum Gasteiger partial charge on any atom is 0.236 e. The van der Waals surface area contributed by atoms with Crippen molar-refractivity contribution in [1.29, 1.82) is 0 Å². The number of fused-ring (bicyclic) bond motifs is 1. The third-order valence-corrected chi connectivity index (χ3v) is 6.04. The summed E-state index contributed by atoms with van der Waals surface area (Å²) >= 11 is 5.93. The Morgan fingerprint density at radius 1 is 1.19 bits per heavy atom. The van der Waals surface area contributed by atoms with Crippen molar-refractivity contribution in [3.8, 4) is 0 Å².